The Balaban J connectivity index is 1.76. The lowest BCUT2D eigenvalue weighted by molar-refractivity contribution is 0.519. The fourth-order valence-electron chi connectivity index (χ4n) is 1.93. The lowest BCUT2D eigenvalue weighted by atomic mass is 10.1. The molecule has 2 rings (SSSR count). The van der Waals surface area contributed by atoms with Crippen LogP contribution >= 0.6 is 11.6 Å². The second-order valence-electron chi connectivity index (χ2n) is 4.37. The zero-order chi connectivity index (χ0) is 10.2. The molecular formula is C9H16ClNO2S. The average Bonchev–Trinajstić information content (AvgIpc) is 2.89. The van der Waals surface area contributed by atoms with Crippen molar-refractivity contribution >= 4 is 21.6 Å². The summed E-state index contributed by atoms with van der Waals surface area (Å²) in [4.78, 5) is 0. The summed E-state index contributed by atoms with van der Waals surface area (Å²) >= 11 is 5.95. The van der Waals surface area contributed by atoms with E-state index in [1.807, 2.05) is 0 Å². The molecular weight excluding hydrogens is 222 g/mol. The Morgan fingerprint density at radius 3 is 2.43 bits per heavy atom. The molecule has 2 unspecified atom stereocenters. The van der Waals surface area contributed by atoms with Gasteiger partial charge in [-0.05, 0) is 38.0 Å². The Kier molecular flexibility index (Phi) is 3.05. The van der Waals surface area contributed by atoms with Gasteiger partial charge in [-0.3, -0.25) is 0 Å². The molecule has 0 amide bonds. The number of hydrogen-bond donors (Lipinski definition) is 1. The van der Waals surface area contributed by atoms with Gasteiger partial charge in [0.25, 0.3) is 0 Å². The van der Waals surface area contributed by atoms with Gasteiger partial charge >= 0.3 is 0 Å². The number of nitrogens with one attached hydrogen (secondary N) is 1. The molecule has 5 heteroatoms. The van der Waals surface area contributed by atoms with Crippen LogP contribution < -0.4 is 4.72 Å². The predicted molar refractivity (Wildman–Crippen MR) is 56.9 cm³/mol. The van der Waals surface area contributed by atoms with E-state index in [-0.39, 0.29) is 10.6 Å². The molecule has 0 aromatic heterocycles. The molecule has 2 fully saturated rings. The molecule has 2 aliphatic carbocycles. The molecule has 0 aromatic rings. The van der Waals surface area contributed by atoms with E-state index in [4.69, 9.17) is 11.6 Å². The van der Waals surface area contributed by atoms with Crippen molar-refractivity contribution < 1.29 is 8.42 Å². The first-order chi connectivity index (χ1) is 6.58. The van der Waals surface area contributed by atoms with Crippen molar-refractivity contribution in [3.05, 3.63) is 0 Å². The van der Waals surface area contributed by atoms with Crippen LogP contribution in [0.3, 0.4) is 0 Å². The minimum atomic E-state index is -2.99. The van der Waals surface area contributed by atoms with E-state index in [2.05, 4.69) is 4.72 Å². The molecule has 0 aromatic carbocycles. The Labute approximate surface area is 90.3 Å². The van der Waals surface area contributed by atoms with Gasteiger partial charge in [-0.25, -0.2) is 13.1 Å². The number of rotatable bonds is 4. The first kappa shape index (κ1) is 10.7. The van der Waals surface area contributed by atoms with Crippen LogP contribution in [0.5, 0.6) is 0 Å². The third-order valence-corrected chi connectivity index (χ3v) is 5.33. The molecule has 0 aliphatic heterocycles. The molecule has 0 bridgehead atoms. The summed E-state index contributed by atoms with van der Waals surface area (Å²) in [7, 11) is -2.99. The molecule has 0 heterocycles. The highest BCUT2D eigenvalue weighted by molar-refractivity contribution is 7.90. The van der Waals surface area contributed by atoms with E-state index in [1.165, 1.54) is 0 Å². The molecule has 14 heavy (non-hydrogen) atoms. The summed E-state index contributed by atoms with van der Waals surface area (Å²) in [5, 5.41) is 0.154. The van der Waals surface area contributed by atoms with E-state index in [0.29, 0.717) is 12.5 Å². The van der Waals surface area contributed by atoms with Crippen molar-refractivity contribution in [1.82, 2.24) is 4.72 Å². The normalized spacial score (nSPS) is 33.5. The van der Waals surface area contributed by atoms with Gasteiger partial charge in [0.2, 0.25) is 10.0 Å². The van der Waals surface area contributed by atoms with Crippen molar-refractivity contribution in [3.63, 3.8) is 0 Å². The minimum absolute atomic E-state index is 0.101. The molecule has 0 saturated heterocycles. The minimum Gasteiger partial charge on any atom is -0.215 e. The van der Waals surface area contributed by atoms with Gasteiger partial charge < -0.3 is 0 Å². The first-order valence-electron chi connectivity index (χ1n) is 5.20. The van der Waals surface area contributed by atoms with Gasteiger partial charge in [0.15, 0.2) is 0 Å². The third-order valence-electron chi connectivity index (χ3n) is 3.01. The van der Waals surface area contributed by atoms with Crippen molar-refractivity contribution in [3.8, 4) is 0 Å². The van der Waals surface area contributed by atoms with Crippen LogP contribution in [0, 0.1) is 5.92 Å². The second kappa shape index (κ2) is 3.99. The highest BCUT2D eigenvalue weighted by Gasteiger charge is 2.36. The average molecular weight is 238 g/mol. The van der Waals surface area contributed by atoms with Crippen LogP contribution in [0.15, 0.2) is 0 Å². The molecule has 0 radical (unpaired) electrons. The second-order valence-corrected chi connectivity index (χ2v) is 7.03. The Bertz CT molecular complexity index is 300. The van der Waals surface area contributed by atoms with E-state index >= 15 is 0 Å². The number of sulfonamides is 1. The van der Waals surface area contributed by atoms with Crippen molar-refractivity contribution in [2.45, 2.75) is 42.7 Å². The zero-order valence-electron chi connectivity index (χ0n) is 8.08. The molecule has 82 valence electrons. The summed E-state index contributed by atoms with van der Waals surface area (Å²) in [6, 6.07) is 0. The SMILES string of the molecule is O=S(=O)(NCC1CCC(Cl)C1)C1CC1. The molecule has 2 saturated carbocycles. The smallest absolute Gasteiger partial charge is 0.214 e. The lowest BCUT2D eigenvalue weighted by Gasteiger charge is -2.10. The predicted octanol–water partition coefficient (Wildman–Crippen LogP) is 1.48. The van der Waals surface area contributed by atoms with Crippen molar-refractivity contribution in [2.75, 3.05) is 6.54 Å². The largest absolute Gasteiger partial charge is 0.215 e. The topological polar surface area (TPSA) is 46.2 Å². The van der Waals surface area contributed by atoms with Gasteiger partial charge in [0.1, 0.15) is 0 Å². The monoisotopic (exact) mass is 237 g/mol. The van der Waals surface area contributed by atoms with Crippen LogP contribution in [-0.4, -0.2) is 25.6 Å². The lowest BCUT2D eigenvalue weighted by Crippen LogP contribution is -2.31. The van der Waals surface area contributed by atoms with Crippen LogP contribution in [0.25, 0.3) is 0 Å². The highest BCUT2D eigenvalue weighted by Crippen LogP contribution is 2.30. The van der Waals surface area contributed by atoms with Gasteiger partial charge in [0.05, 0.1) is 5.25 Å². The quantitative estimate of drug-likeness (QED) is 0.753. The van der Waals surface area contributed by atoms with Crippen LogP contribution in [0.1, 0.15) is 32.1 Å². The third kappa shape index (κ3) is 2.61. The van der Waals surface area contributed by atoms with Crippen LogP contribution in [0.2, 0.25) is 0 Å². The highest BCUT2D eigenvalue weighted by atomic mass is 35.5. The fraction of sp³-hybridized carbons (Fsp3) is 1.00. The molecule has 1 N–H and O–H groups in total. The number of halogens is 1. The summed E-state index contributed by atoms with van der Waals surface area (Å²) in [5.74, 6) is 0.450. The Morgan fingerprint density at radius 2 is 1.93 bits per heavy atom. The van der Waals surface area contributed by atoms with Gasteiger partial charge in [-0.2, -0.15) is 0 Å². The first-order valence-corrected chi connectivity index (χ1v) is 7.19. The molecule has 2 atom stereocenters. The Morgan fingerprint density at radius 1 is 1.21 bits per heavy atom. The van der Waals surface area contributed by atoms with Crippen molar-refractivity contribution in [1.29, 1.82) is 0 Å². The Hall–Kier alpha value is 0.200. The number of hydrogen-bond acceptors (Lipinski definition) is 2. The fourth-order valence-corrected chi connectivity index (χ4v) is 3.77. The van der Waals surface area contributed by atoms with E-state index in [0.717, 1.165) is 32.1 Å². The van der Waals surface area contributed by atoms with Crippen LogP contribution in [-0.2, 0) is 10.0 Å². The molecule has 2 aliphatic rings. The molecule has 3 nitrogen and oxygen atoms in total. The molecule has 0 spiro atoms. The summed E-state index contributed by atoms with van der Waals surface area (Å²) in [6.45, 7) is 0.585. The zero-order valence-corrected chi connectivity index (χ0v) is 9.65. The maximum absolute atomic E-state index is 11.5. The summed E-state index contributed by atoms with van der Waals surface area (Å²) in [6.07, 6.45) is 4.70. The van der Waals surface area contributed by atoms with E-state index in [9.17, 15) is 8.42 Å². The summed E-state index contributed by atoms with van der Waals surface area (Å²) in [5.41, 5.74) is 0. The van der Waals surface area contributed by atoms with E-state index < -0.39 is 10.0 Å². The van der Waals surface area contributed by atoms with Gasteiger partial charge in [-0.15, -0.1) is 11.6 Å². The van der Waals surface area contributed by atoms with E-state index in [1.54, 1.807) is 0 Å². The maximum atomic E-state index is 11.5. The standard InChI is InChI=1S/C9H16ClNO2S/c10-8-2-1-7(5-8)6-11-14(12,13)9-3-4-9/h7-9,11H,1-6H2. The number of alkyl halides is 1. The van der Waals surface area contributed by atoms with Gasteiger partial charge in [-0.1, -0.05) is 0 Å². The van der Waals surface area contributed by atoms with Crippen molar-refractivity contribution in [2.24, 2.45) is 5.92 Å². The van der Waals surface area contributed by atoms with Crippen LogP contribution in [0.4, 0.5) is 0 Å². The van der Waals surface area contributed by atoms with Gasteiger partial charge in [0, 0.05) is 11.9 Å². The summed E-state index contributed by atoms with van der Waals surface area (Å²) < 4.78 is 25.7. The maximum Gasteiger partial charge on any atom is 0.214 e.